The van der Waals surface area contributed by atoms with Gasteiger partial charge in [-0.05, 0) is 24.5 Å². The molecule has 5 atom stereocenters. The normalized spacial score (nSPS) is 15.6. The van der Waals surface area contributed by atoms with Gasteiger partial charge in [0.15, 0.2) is 0 Å². The number of aliphatic hydroxyl groups excluding tert-OH is 1. The smallest absolute Gasteiger partial charge is 0.328 e. The molecule has 0 radical (unpaired) electrons. The standard InChI is InChI=1S/C23H33N5O6/c1-4-12(2)19(24)22(32)27-17(9-14-10-25-16-8-6-5-7-15(14)16)21(31)26-13(3)20(30)28-18(11-29)23(33)34/h5-8,10,12-13,17-19,25,29H,4,9,11,24H2,1-3H3,(H,26,31)(H,27,32)(H,28,30)(H,33,34). The van der Waals surface area contributed by atoms with Crippen molar-refractivity contribution in [2.24, 2.45) is 11.7 Å². The molecule has 1 heterocycles. The Morgan fingerprint density at radius 2 is 1.65 bits per heavy atom. The Bertz CT molecular complexity index is 1020. The van der Waals surface area contributed by atoms with Gasteiger partial charge in [0.2, 0.25) is 17.7 Å². The molecule has 11 heteroatoms. The fourth-order valence-electron chi connectivity index (χ4n) is 3.37. The number of aromatic amines is 1. The van der Waals surface area contributed by atoms with Crippen molar-refractivity contribution >= 4 is 34.6 Å². The zero-order valence-corrected chi connectivity index (χ0v) is 19.5. The third kappa shape index (κ3) is 6.78. The molecule has 0 fully saturated rings. The van der Waals surface area contributed by atoms with Gasteiger partial charge < -0.3 is 36.9 Å². The minimum atomic E-state index is -1.50. The number of nitrogens with two attached hydrogens (primary N) is 1. The predicted molar refractivity (Wildman–Crippen MR) is 126 cm³/mol. The van der Waals surface area contributed by atoms with E-state index in [9.17, 15) is 19.2 Å². The van der Waals surface area contributed by atoms with Gasteiger partial charge in [-0.1, -0.05) is 38.5 Å². The van der Waals surface area contributed by atoms with Gasteiger partial charge in [0.05, 0.1) is 12.6 Å². The van der Waals surface area contributed by atoms with E-state index in [4.69, 9.17) is 15.9 Å². The molecule has 0 bridgehead atoms. The van der Waals surface area contributed by atoms with Gasteiger partial charge in [-0.25, -0.2) is 4.79 Å². The summed E-state index contributed by atoms with van der Waals surface area (Å²) in [7, 11) is 0. The van der Waals surface area contributed by atoms with Gasteiger partial charge in [-0.15, -0.1) is 0 Å². The van der Waals surface area contributed by atoms with Crippen LogP contribution >= 0.6 is 0 Å². The number of benzene rings is 1. The number of amides is 3. The maximum atomic E-state index is 13.1. The number of carboxylic acid groups (broad SMARTS) is 1. The Balaban J connectivity index is 2.20. The van der Waals surface area contributed by atoms with Crippen LogP contribution in [0, 0.1) is 5.92 Å². The largest absolute Gasteiger partial charge is 0.480 e. The van der Waals surface area contributed by atoms with Crippen LogP contribution < -0.4 is 21.7 Å². The van der Waals surface area contributed by atoms with Crippen LogP contribution in [-0.2, 0) is 25.6 Å². The highest BCUT2D eigenvalue weighted by atomic mass is 16.4. The van der Waals surface area contributed by atoms with Crippen LogP contribution in [0.1, 0.15) is 32.8 Å². The fraction of sp³-hybridized carbons (Fsp3) is 0.478. The zero-order chi connectivity index (χ0) is 25.4. The van der Waals surface area contributed by atoms with Gasteiger partial charge in [0.25, 0.3) is 0 Å². The molecule has 186 valence electrons. The number of carboxylic acids is 1. The first kappa shape index (κ1) is 26.8. The zero-order valence-electron chi connectivity index (χ0n) is 19.5. The van der Waals surface area contributed by atoms with E-state index in [1.165, 1.54) is 6.92 Å². The summed E-state index contributed by atoms with van der Waals surface area (Å²) in [5.41, 5.74) is 7.70. The lowest BCUT2D eigenvalue weighted by atomic mass is 9.98. The van der Waals surface area contributed by atoms with Crippen LogP contribution in [0.15, 0.2) is 30.5 Å². The Morgan fingerprint density at radius 3 is 2.26 bits per heavy atom. The van der Waals surface area contributed by atoms with Crippen LogP contribution in [0.5, 0.6) is 0 Å². The molecule has 0 aliphatic rings. The van der Waals surface area contributed by atoms with E-state index in [2.05, 4.69) is 20.9 Å². The second-order valence-corrected chi connectivity index (χ2v) is 8.35. The number of rotatable bonds is 12. The molecule has 5 unspecified atom stereocenters. The topological polar surface area (TPSA) is 187 Å². The Kier molecular flexibility index (Phi) is 9.58. The molecule has 11 nitrogen and oxygen atoms in total. The fourth-order valence-corrected chi connectivity index (χ4v) is 3.37. The number of aliphatic hydroxyl groups is 1. The van der Waals surface area contributed by atoms with Crippen molar-refractivity contribution in [2.45, 2.75) is 57.8 Å². The number of fused-ring (bicyclic) bond motifs is 1. The highest BCUT2D eigenvalue weighted by Crippen LogP contribution is 2.19. The molecule has 0 aliphatic carbocycles. The second-order valence-electron chi connectivity index (χ2n) is 8.35. The number of aromatic nitrogens is 1. The molecule has 0 aliphatic heterocycles. The first-order valence-corrected chi connectivity index (χ1v) is 11.1. The molecule has 34 heavy (non-hydrogen) atoms. The molecule has 2 rings (SSSR count). The highest BCUT2D eigenvalue weighted by molar-refractivity contribution is 5.94. The van der Waals surface area contributed by atoms with Gasteiger partial charge in [-0.3, -0.25) is 14.4 Å². The number of H-pyrrole nitrogens is 1. The summed E-state index contributed by atoms with van der Waals surface area (Å²) in [6, 6.07) is 3.04. The summed E-state index contributed by atoms with van der Waals surface area (Å²) in [5, 5.41) is 26.3. The molecule has 0 saturated heterocycles. The number of para-hydroxylation sites is 1. The van der Waals surface area contributed by atoms with Crippen molar-refractivity contribution in [3.63, 3.8) is 0 Å². The molecule has 8 N–H and O–H groups in total. The summed E-state index contributed by atoms with van der Waals surface area (Å²) in [4.78, 5) is 52.3. The van der Waals surface area contributed by atoms with E-state index < -0.39 is 54.5 Å². The number of carbonyl (C=O) groups excluding carboxylic acids is 3. The molecular formula is C23H33N5O6. The van der Waals surface area contributed by atoms with Crippen LogP contribution in [0.25, 0.3) is 10.9 Å². The lowest BCUT2D eigenvalue weighted by Crippen LogP contribution is -2.57. The van der Waals surface area contributed by atoms with Crippen molar-refractivity contribution in [3.8, 4) is 0 Å². The third-order valence-corrected chi connectivity index (χ3v) is 5.84. The van der Waals surface area contributed by atoms with E-state index in [0.29, 0.717) is 6.42 Å². The minimum absolute atomic E-state index is 0.104. The lowest BCUT2D eigenvalue weighted by molar-refractivity contribution is -0.143. The van der Waals surface area contributed by atoms with Gasteiger partial charge in [-0.2, -0.15) is 0 Å². The molecule has 1 aromatic heterocycles. The van der Waals surface area contributed by atoms with Crippen LogP contribution in [-0.4, -0.2) is 69.7 Å². The predicted octanol–water partition coefficient (Wildman–Crippen LogP) is -0.365. The Labute approximate surface area is 197 Å². The summed E-state index contributed by atoms with van der Waals surface area (Å²) in [6.45, 7) is 4.32. The van der Waals surface area contributed by atoms with Crippen LogP contribution in [0.2, 0.25) is 0 Å². The number of nitrogens with one attached hydrogen (secondary N) is 4. The summed E-state index contributed by atoms with van der Waals surface area (Å²) < 4.78 is 0. The Hall–Kier alpha value is -3.44. The molecule has 1 aromatic carbocycles. The number of hydrogen-bond donors (Lipinski definition) is 7. The molecule has 2 aromatic rings. The quantitative estimate of drug-likeness (QED) is 0.218. The maximum absolute atomic E-state index is 13.1. The van der Waals surface area contributed by atoms with Crippen molar-refractivity contribution in [3.05, 3.63) is 36.0 Å². The summed E-state index contributed by atoms with van der Waals surface area (Å²) in [6.07, 6.45) is 2.57. The summed E-state index contributed by atoms with van der Waals surface area (Å²) in [5.74, 6) is -3.42. The minimum Gasteiger partial charge on any atom is -0.480 e. The van der Waals surface area contributed by atoms with E-state index >= 15 is 0 Å². The second kappa shape index (κ2) is 12.1. The monoisotopic (exact) mass is 475 g/mol. The summed E-state index contributed by atoms with van der Waals surface area (Å²) >= 11 is 0. The van der Waals surface area contributed by atoms with Crippen LogP contribution in [0.4, 0.5) is 0 Å². The van der Waals surface area contributed by atoms with E-state index in [0.717, 1.165) is 16.5 Å². The molecular weight excluding hydrogens is 442 g/mol. The first-order chi connectivity index (χ1) is 16.1. The van der Waals surface area contributed by atoms with Gasteiger partial charge in [0, 0.05) is 23.5 Å². The number of aliphatic carboxylic acids is 1. The maximum Gasteiger partial charge on any atom is 0.328 e. The van der Waals surface area contributed by atoms with Gasteiger partial charge in [0.1, 0.15) is 18.1 Å². The first-order valence-electron chi connectivity index (χ1n) is 11.1. The third-order valence-electron chi connectivity index (χ3n) is 5.84. The average molecular weight is 476 g/mol. The number of carbonyl (C=O) groups is 4. The molecule has 0 spiro atoms. The lowest BCUT2D eigenvalue weighted by Gasteiger charge is -2.24. The van der Waals surface area contributed by atoms with Crippen molar-refractivity contribution < 1.29 is 29.4 Å². The molecule has 0 saturated carbocycles. The average Bonchev–Trinajstić information content (AvgIpc) is 3.23. The van der Waals surface area contributed by atoms with Crippen molar-refractivity contribution in [1.29, 1.82) is 0 Å². The SMILES string of the molecule is CCC(C)C(N)C(=O)NC(Cc1c[nH]c2ccccc12)C(=O)NC(C)C(=O)NC(CO)C(=O)O. The van der Waals surface area contributed by atoms with Gasteiger partial charge >= 0.3 is 5.97 Å². The molecule has 3 amide bonds. The van der Waals surface area contributed by atoms with E-state index in [1.807, 2.05) is 38.1 Å². The van der Waals surface area contributed by atoms with E-state index in [-0.39, 0.29) is 12.3 Å². The van der Waals surface area contributed by atoms with Crippen molar-refractivity contribution in [1.82, 2.24) is 20.9 Å². The number of hydrogen-bond acceptors (Lipinski definition) is 6. The van der Waals surface area contributed by atoms with Crippen LogP contribution in [0.3, 0.4) is 0 Å². The Morgan fingerprint density at radius 1 is 1.00 bits per heavy atom. The highest BCUT2D eigenvalue weighted by Gasteiger charge is 2.30. The van der Waals surface area contributed by atoms with E-state index in [1.54, 1.807) is 6.20 Å². The van der Waals surface area contributed by atoms with Crippen molar-refractivity contribution in [2.75, 3.05) is 6.61 Å².